The number of rotatable bonds is 4. The Morgan fingerprint density at radius 3 is 2.22 bits per heavy atom. The molecule has 0 spiro atoms. The van der Waals surface area contributed by atoms with Crippen molar-refractivity contribution in [2.24, 2.45) is 0 Å². The Balaban J connectivity index is -0.000000123. The molecule has 1 heterocycles. The van der Waals surface area contributed by atoms with Gasteiger partial charge < -0.3 is 14.6 Å². The second-order valence-electron chi connectivity index (χ2n) is 2.22. The Morgan fingerprint density at radius 2 is 1.89 bits per heavy atom. The van der Waals surface area contributed by atoms with Gasteiger partial charge in [-0.05, 0) is 11.6 Å². The summed E-state index contributed by atoms with van der Waals surface area (Å²) in [4.78, 5) is 0. The Bertz CT molecular complexity index is 254. The van der Waals surface area contributed by atoms with Crippen molar-refractivity contribution in [2.75, 3.05) is 19.8 Å². The smallest absolute Gasteiger partial charge is 0 e. The molecule has 1 atom stereocenters. The van der Waals surface area contributed by atoms with Crippen molar-refractivity contribution in [3.05, 3.63) is 44.3 Å². The largest absolute Gasteiger partial charge is 0 e. The van der Waals surface area contributed by atoms with Gasteiger partial charge in [0.05, 0.1) is 19.8 Å². The van der Waals surface area contributed by atoms with E-state index < -0.39 is 0 Å². The molecule has 18 heavy (non-hydrogen) atoms. The number of aliphatic hydroxyl groups excluding tert-OH is 1. The SMILES string of the molecule is C=CC1=C[C@H](OCCO)OC1.[C-]#[O+].[C-]#[O+].[C-]#[O+].[Fe]. The third kappa shape index (κ3) is 15.1. The Morgan fingerprint density at radius 1 is 1.39 bits per heavy atom. The van der Waals surface area contributed by atoms with Crippen LogP contribution in [0.3, 0.4) is 0 Å². The maximum Gasteiger partial charge on any atom is 0 e. The summed E-state index contributed by atoms with van der Waals surface area (Å²) in [5.41, 5.74) is 1.04. The summed E-state index contributed by atoms with van der Waals surface area (Å²) in [5.74, 6) is 0. The molecule has 0 radical (unpaired) electrons. The number of aliphatic hydroxyl groups is 1. The average molecular weight is 296 g/mol. The van der Waals surface area contributed by atoms with Crippen molar-refractivity contribution < 1.29 is 45.6 Å². The molecule has 0 saturated heterocycles. The molecule has 1 aliphatic heterocycles. The Labute approximate surface area is 116 Å². The summed E-state index contributed by atoms with van der Waals surface area (Å²) in [6.45, 7) is 18.0. The second kappa shape index (κ2) is 25.1. The van der Waals surface area contributed by atoms with Crippen molar-refractivity contribution in [1.82, 2.24) is 0 Å². The predicted octanol–water partition coefficient (Wildman–Crippen LogP) is 0.349. The maximum atomic E-state index is 8.43. The normalized spacial score (nSPS) is 14.6. The van der Waals surface area contributed by atoms with Gasteiger partial charge in [0, 0.05) is 17.1 Å². The van der Waals surface area contributed by atoms with Gasteiger partial charge in [-0.3, -0.25) is 0 Å². The minimum Gasteiger partial charge on any atom is 0 e. The topological polar surface area (TPSA) is 98.4 Å². The van der Waals surface area contributed by atoms with Crippen LogP contribution < -0.4 is 0 Å². The van der Waals surface area contributed by atoms with E-state index in [1.807, 2.05) is 6.08 Å². The van der Waals surface area contributed by atoms with Crippen LogP contribution in [0.15, 0.2) is 24.3 Å². The van der Waals surface area contributed by atoms with E-state index >= 15 is 0 Å². The van der Waals surface area contributed by atoms with Crippen LogP contribution in [0.1, 0.15) is 0 Å². The number of ether oxygens (including phenoxy) is 2. The van der Waals surface area contributed by atoms with Crippen LogP contribution in [-0.2, 0) is 40.5 Å². The van der Waals surface area contributed by atoms with Crippen LogP contribution >= 0.6 is 0 Å². The Hall–Kier alpha value is -0.901. The van der Waals surface area contributed by atoms with Crippen molar-refractivity contribution in [3.63, 3.8) is 0 Å². The molecular formula is C11H12FeO6. The first-order valence-electron chi connectivity index (χ1n) is 4.15. The zero-order valence-corrected chi connectivity index (χ0v) is 10.5. The van der Waals surface area contributed by atoms with Crippen molar-refractivity contribution in [3.8, 4) is 0 Å². The first-order valence-corrected chi connectivity index (χ1v) is 4.15. The molecular weight excluding hydrogens is 284 g/mol. The Kier molecular flexibility index (Phi) is 36.0. The van der Waals surface area contributed by atoms with Crippen LogP contribution in [0, 0.1) is 20.0 Å². The quantitative estimate of drug-likeness (QED) is 0.460. The summed E-state index contributed by atoms with van der Waals surface area (Å²) < 4.78 is 32.7. The van der Waals surface area contributed by atoms with Gasteiger partial charge in [0.25, 0.3) is 0 Å². The van der Waals surface area contributed by atoms with E-state index in [1.165, 1.54) is 0 Å². The summed E-state index contributed by atoms with van der Waals surface area (Å²) in [6.07, 6.45) is 3.29. The minimum absolute atomic E-state index is 0. The number of hydrogen-bond acceptors (Lipinski definition) is 3. The molecule has 0 aromatic heterocycles. The molecule has 1 rings (SSSR count). The molecule has 1 N–H and O–H groups in total. The molecule has 0 fully saturated rings. The fourth-order valence-corrected chi connectivity index (χ4v) is 0.841. The van der Waals surface area contributed by atoms with Crippen LogP contribution in [0.2, 0.25) is 0 Å². The second-order valence-corrected chi connectivity index (χ2v) is 2.22. The van der Waals surface area contributed by atoms with Gasteiger partial charge in [-0.1, -0.05) is 12.7 Å². The van der Waals surface area contributed by atoms with Crippen molar-refractivity contribution >= 4 is 0 Å². The molecule has 0 bridgehead atoms. The van der Waals surface area contributed by atoms with Gasteiger partial charge >= 0.3 is 33.9 Å². The summed E-state index contributed by atoms with van der Waals surface area (Å²) in [7, 11) is 0. The zero-order chi connectivity index (χ0) is 14.1. The van der Waals surface area contributed by atoms with E-state index in [4.69, 9.17) is 28.5 Å². The summed E-state index contributed by atoms with van der Waals surface area (Å²) in [6, 6.07) is 0. The van der Waals surface area contributed by atoms with Crippen LogP contribution in [0.4, 0.5) is 0 Å². The molecule has 0 unspecified atom stereocenters. The molecule has 0 amide bonds. The minimum atomic E-state index is -0.296. The van der Waals surface area contributed by atoms with Gasteiger partial charge in [-0.15, -0.1) is 0 Å². The molecule has 100 valence electrons. The van der Waals surface area contributed by atoms with Gasteiger partial charge in [-0.2, -0.15) is 0 Å². The molecule has 0 aromatic carbocycles. The van der Waals surface area contributed by atoms with Gasteiger partial charge in [0.15, 0.2) is 6.29 Å². The van der Waals surface area contributed by atoms with E-state index in [-0.39, 0.29) is 30.0 Å². The summed E-state index contributed by atoms with van der Waals surface area (Å²) in [5, 5.41) is 8.43. The first kappa shape index (κ1) is 25.8. The molecule has 0 aromatic rings. The van der Waals surface area contributed by atoms with Crippen LogP contribution in [0.25, 0.3) is 0 Å². The van der Waals surface area contributed by atoms with Gasteiger partial charge in [0.2, 0.25) is 0 Å². The standard InChI is InChI=1S/C8H12O3.3CO.Fe/c1-2-7-5-8(11-6-7)10-4-3-9;3*1-2;/h2,5,8-9H,1,3-4,6H2;;;;/t8-;;;;/m1..../s1. The molecule has 6 nitrogen and oxygen atoms in total. The first-order chi connectivity index (χ1) is 8.36. The fraction of sp³-hybridized carbons (Fsp3) is 0.364. The third-order valence-electron chi connectivity index (χ3n) is 1.40. The van der Waals surface area contributed by atoms with Crippen LogP contribution in [-0.4, -0.2) is 31.2 Å². The fourth-order valence-electron chi connectivity index (χ4n) is 0.841. The monoisotopic (exact) mass is 296 g/mol. The molecule has 0 aliphatic carbocycles. The van der Waals surface area contributed by atoms with E-state index in [1.54, 1.807) is 6.08 Å². The molecule has 1 aliphatic rings. The summed E-state index contributed by atoms with van der Waals surface area (Å²) >= 11 is 0. The van der Waals surface area contributed by atoms with Crippen molar-refractivity contribution in [1.29, 1.82) is 0 Å². The molecule has 0 saturated carbocycles. The zero-order valence-electron chi connectivity index (χ0n) is 9.40. The van der Waals surface area contributed by atoms with Crippen LogP contribution in [0.5, 0.6) is 0 Å². The maximum absolute atomic E-state index is 8.43. The predicted molar refractivity (Wildman–Crippen MR) is 52.8 cm³/mol. The van der Waals surface area contributed by atoms with E-state index in [2.05, 4.69) is 26.5 Å². The van der Waals surface area contributed by atoms with Gasteiger partial charge in [-0.25, -0.2) is 0 Å². The number of hydrogen-bond donors (Lipinski definition) is 1. The molecule has 7 heteroatoms. The van der Waals surface area contributed by atoms with E-state index in [0.717, 1.165) is 5.57 Å². The van der Waals surface area contributed by atoms with E-state index in [9.17, 15) is 0 Å². The van der Waals surface area contributed by atoms with Crippen molar-refractivity contribution in [2.45, 2.75) is 6.29 Å². The van der Waals surface area contributed by atoms with Gasteiger partial charge in [0.1, 0.15) is 0 Å². The third-order valence-corrected chi connectivity index (χ3v) is 1.40. The van der Waals surface area contributed by atoms with E-state index in [0.29, 0.717) is 13.2 Å². The average Bonchev–Trinajstić information content (AvgIpc) is 2.91.